The van der Waals surface area contributed by atoms with Crippen LogP contribution in [0, 0.1) is 17.8 Å². The van der Waals surface area contributed by atoms with E-state index >= 15 is 0 Å². The summed E-state index contributed by atoms with van der Waals surface area (Å²) in [6.07, 6.45) is 69.6. The summed E-state index contributed by atoms with van der Waals surface area (Å²) in [5.41, 5.74) is 27.3. The van der Waals surface area contributed by atoms with E-state index in [1.807, 2.05) is 206 Å². The van der Waals surface area contributed by atoms with Crippen molar-refractivity contribution in [3.05, 3.63) is 225 Å². The lowest BCUT2D eigenvalue weighted by atomic mass is 9.90. The van der Waals surface area contributed by atoms with Gasteiger partial charge in [-0.2, -0.15) is 30.6 Å². The number of nitrogens with zero attached hydrogens (tertiary/aromatic N) is 20. The summed E-state index contributed by atoms with van der Waals surface area (Å²) in [7, 11) is 9.67. The Bertz CT molecular complexity index is 6710. The number of H-pyrrole nitrogens is 6. The van der Waals surface area contributed by atoms with E-state index in [1.54, 1.807) is 5.57 Å². The standard InChI is InChI=1S/C20H27N5O.C18H22N4O.C17H21N5.C17H18N4.C15H18N4.C14H16N4/c1-15(2)9-16-10-18-19(13-22-20(18)21-11-16)17-12-23-25(14-17)4-3-24-5-7-26-8-6-24;1-22-11-14(8-21-22)17-10-20-18-16(17)7-15(9-19-18)23-12-13-5-3-2-4-6-13;1-21-12-14(9-20-21)16-10-19-17-15(16)7-13(8-18-17)11-22-5-3-2-4-6-22;1-21-11-14(9-20-21)16-10-19-17-15(16)7-13(8-18-17)6-12-4-2-3-5-12;1-10(2)4-11-5-13-14(8-17-15(13)16-6-11)12-7-18-19(3)9-12;1-3-4-10-5-12-13(8-16-14(12)15-6-10)11-7-17-18(2)9-11/h10-15H,3-9H2,1-2H3,(H,21,22);7-11,13H,2-6,12H2,1H3,(H,19,20);7-10,12H,2-6,11H2,1H3,(H,18,19);4,7-11H,2-3,5-6H2,1H3,(H,18,19);5-10H,4H2,1-3H3,(H,16,17);5-9H,3-4H2,1-2H3,(H,15,16). The fraction of sp³-hybridized carbons (Fsp3) is 0.386. The molecular weight excluding hydrogens is 1610 g/mol. The van der Waals surface area contributed by atoms with Crippen LogP contribution in [0.15, 0.2) is 197 Å². The van der Waals surface area contributed by atoms with Gasteiger partial charge in [0.2, 0.25) is 0 Å². The molecule has 4 aliphatic rings. The molecule has 0 radical (unpaired) electrons. The molecule has 668 valence electrons. The lowest BCUT2D eigenvalue weighted by Gasteiger charge is -2.26. The minimum Gasteiger partial charge on any atom is -0.492 e. The third-order valence-corrected chi connectivity index (χ3v) is 24.7. The highest BCUT2D eigenvalue weighted by Gasteiger charge is 2.21. The number of aromatic nitrogens is 24. The quantitative estimate of drug-likeness (QED) is 0.0344. The normalized spacial score (nSPS) is 14.6. The van der Waals surface area contributed by atoms with Gasteiger partial charge in [-0.25, -0.2) is 29.9 Å². The van der Waals surface area contributed by atoms with E-state index in [0.29, 0.717) is 17.8 Å². The molecule has 0 amide bonds. The SMILES string of the molecule is CC(C)Cc1cnc2[nH]cc(-c3cnn(C)c3)c2c1.CC(C)Cc1cnc2[nH]cc(-c3cnn(CCN4CCOCC4)c3)c2c1.CCCc1cnc2[nH]cc(-c3cnn(C)c3)c2c1.Cn1cc(-c2c[nH]c3ncc(CC4=CCCC4)cc23)cn1.Cn1cc(-c2c[nH]c3ncc(CN4CCCCC4)cc23)cn1.Cn1cc(-c2c[nH]c3ncc(OCC4CCCCC4)cc23)cn1. The summed E-state index contributed by atoms with van der Waals surface area (Å²) in [6, 6.07) is 13.4. The number of pyridine rings is 6. The average molecular weight is 1730 g/mol. The summed E-state index contributed by atoms with van der Waals surface area (Å²) in [5.74, 6) is 2.82. The van der Waals surface area contributed by atoms with Crippen LogP contribution < -0.4 is 4.74 Å². The number of ether oxygens (including phenoxy) is 2. The number of morpholine rings is 1. The minimum absolute atomic E-state index is 0.625. The van der Waals surface area contributed by atoms with Gasteiger partial charge in [0.1, 0.15) is 39.6 Å². The maximum absolute atomic E-state index is 6.02. The van der Waals surface area contributed by atoms with Gasteiger partial charge in [0.15, 0.2) is 0 Å². The second kappa shape index (κ2) is 41.3. The first kappa shape index (κ1) is 87.9. The highest BCUT2D eigenvalue weighted by atomic mass is 16.5. The van der Waals surface area contributed by atoms with Crippen LogP contribution in [0.5, 0.6) is 5.75 Å². The maximum atomic E-state index is 6.02. The number of hydrogen-bond donors (Lipinski definition) is 6. The topological polar surface area (TPSA) is 304 Å². The van der Waals surface area contributed by atoms with Crippen molar-refractivity contribution in [2.24, 2.45) is 53.0 Å². The molecule has 0 atom stereocenters. The summed E-state index contributed by atoms with van der Waals surface area (Å²) in [6.45, 7) is 21.0. The van der Waals surface area contributed by atoms with Crippen LogP contribution in [0.2, 0.25) is 0 Å². The Labute approximate surface area is 752 Å². The third kappa shape index (κ3) is 22.2. The predicted molar refractivity (Wildman–Crippen MR) is 514 cm³/mol. The number of hydrogen-bond acceptors (Lipinski definition) is 16. The Balaban J connectivity index is 0.000000109. The molecule has 0 spiro atoms. The molecule has 2 saturated heterocycles. The Kier molecular flexibility index (Phi) is 28.1. The van der Waals surface area contributed by atoms with Crippen LogP contribution in [0.4, 0.5) is 0 Å². The Morgan fingerprint density at radius 1 is 0.388 bits per heavy atom. The molecule has 3 fully saturated rings. The lowest BCUT2D eigenvalue weighted by molar-refractivity contribution is 0.0360. The number of likely N-dealkylation sites (tertiary alicyclic amines) is 1. The summed E-state index contributed by atoms with van der Waals surface area (Å²) < 4.78 is 22.6. The Morgan fingerprint density at radius 3 is 1.19 bits per heavy atom. The molecule has 22 rings (SSSR count). The number of nitrogens with one attached hydrogen (secondary N) is 6. The van der Waals surface area contributed by atoms with E-state index in [4.69, 9.17) is 9.47 Å². The molecule has 0 aromatic carbocycles. The van der Waals surface area contributed by atoms with Crippen LogP contribution in [-0.4, -0.2) is 181 Å². The summed E-state index contributed by atoms with van der Waals surface area (Å²) >= 11 is 0. The zero-order chi connectivity index (χ0) is 88.7. The molecule has 0 unspecified atom stereocenters. The highest BCUT2D eigenvalue weighted by molar-refractivity contribution is 5.98. The van der Waals surface area contributed by atoms with Crippen molar-refractivity contribution in [2.45, 2.75) is 150 Å². The molecule has 1 saturated carbocycles. The van der Waals surface area contributed by atoms with E-state index in [1.165, 1.54) is 166 Å². The molecule has 129 heavy (non-hydrogen) atoms. The first-order chi connectivity index (χ1) is 63.0. The highest BCUT2D eigenvalue weighted by Crippen LogP contribution is 2.37. The molecule has 20 heterocycles. The van der Waals surface area contributed by atoms with Crippen LogP contribution in [-0.2, 0) is 78.7 Å². The molecule has 18 aromatic rings. The van der Waals surface area contributed by atoms with Gasteiger partial charge in [-0.1, -0.05) is 78.4 Å². The van der Waals surface area contributed by atoms with Crippen LogP contribution in [0.1, 0.15) is 139 Å². The van der Waals surface area contributed by atoms with Crippen molar-refractivity contribution in [1.29, 1.82) is 0 Å². The number of allylic oxidation sites excluding steroid dienone is 2. The van der Waals surface area contributed by atoms with Gasteiger partial charge >= 0.3 is 0 Å². The number of aromatic amines is 6. The van der Waals surface area contributed by atoms with Gasteiger partial charge in [0, 0.05) is 266 Å². The molecule has 0 bridgehead atoms. The van der Waals surface area contributed by atoms with Crippen molar-refractivity contribution in [1.82, 2.24) is 128 Å². The molecule has 6 N–H and O–H groups in total. The first-order valence-electron chi connectivity index (χ1n) is 46.1. The van der Waals surface area contributed by atoms with Gasteiger partial charge in [-0.3, -0.25) is 37.9 Å². The second-order valence-corrected chi connectivity index (χ2v) is 36.0. The first-order valence-corrected chi connectivity index (χ1v) is 46.1. The van der Waals surface area contributed by atoms with Gasteiger partial charge in [0.05, 0.1) is 69.7 Å². The van der Waals surface area contributed by atoms with Crippen molar-refractivity contribution < 1.29 is 9.47 Å². The number of aryl methyl sites for hydroxylation is 6. The Morgan fingerprint density at radius 2 is 0.767 bits per heavy atom. The van der Waals surface area contributed by atoms with E-state index in [9.17, 15) is 0 Å². The number of fused-ring (bicyclic) bond motifs is 6. The smallest absolute Gasteiger partial charge is 0.138 e. The Hall–Kier alpha value is -13.2. The van der Waals surface area contributed by atoms with Crippen molar-refractivity contribution in [3.63, 3.8) is 0 Å². The fourth-order valence-corrected chi connectivity index (χ4v) is 18.1. The summed E-state index contributed by atoms with van der Waals surface area (Å²) in [4.78, 5) is 51.6. The van der Waals surface area contributed by atoms with Crippen LogP contribution >= 0.6 is 0 Å². The largest absolute Gasteiger partial charge is 0.492 e. The van der Waals surface area contributed by atoms with Gasteiger partial charge < -0.3 is 39.4 Å². The molecule has 18 aromatic heterocycles. The molecule has 2 aliphatic heterocycles. The molecule has 28 heteroatoms. The number of piperidine rings is 1. The second-order valence-electron chi connectivity index (χ2n) is 36.0. The lowest BCUT2D eigenvalue weighted by Crippen LogP contribution is -2.38. The monoisotopic (exact) mass is 1730 g/mol. The van der Waals surface area contributed by atoms with Crippen LogP contribution in [0.25, 0.3) is 133 Å². The molecular formula is C101H122N26O2. The number of rotatable bonds is 22. The van der Waals surface area contributed by atoms with E-state index < -0.39 is 0 Å². The zero-order valence-corrected chi connectivity index (χ0v) is 76.3. The fourth-order valence-electron chi connectivity index (χ4n) is 18.1. The average Bonchev–Trinajstić information content (AvgIpc) is 1.68. The van der Waals surface area contributed by atoms with Crippen molar-refractivity contribution in [3.8, 4) is 72.5 Å². The van der Waals surface area contributed by atoms with Gasteiger partial charge in [-0.15, -0.1) is 0 Å². The van der Waals surface area contributed by atoms with E-state index in [-0.39, 0.29) is 0 Å². The summed E-state index contributed by atoms with van der Waals surface area (Å²) in [5, 5.41) is 32.8. The van der Waals surface area contributed by atoms with Gasteiger partial charge in [0.25, 0.3) is 0 Å². The van der Waals surface area contributed by atoms with Gasteiger partial charge in [-0.05, 0) is 166 Å². The maximum Gasteiger partial charge on any atom is 0.138 e. The minimum atomic E-state index is 0.625. The predicted octanol–water partition coefficient (Wildman–Crippen LogP) is 19.5. The van der Waals surface area contributed by atoms with Crippen molar-refractivity contribution >= 4 is 66.2 Å². The van der Waals surface area contributed by atoms with Crippen LogP contribution in [0.3, 0.4) is 0 Å². The van der Waals surface area contributed by atoms with Crippen molar-refractivity contribution in [2.75, 3.05) is 52.5 Å². The molecule has 28 nitrogen and oxygen atoms in total. The van der Waals surface area contributed by atoms with E-state index in [2.05, 4.69) is 183 Å². The zero-order valence-electron chi connectivity index (χ0n) is 76.3. The third-order valence-electron chi connectivity index (χ3n) is 24.7. The molecule has 2 aliphatic carbocycles. The van der Waals surface area contributed by atoms with E-state index in [0.717, 1.165) is 169 Å².